The summed E-state index contributed by atoms with van der Waals surface area (Å²) in [5.74, 6) is 2.76. The Morgan fingerprint density at radius 1 is 0.296 bits per heavy atom. The van der Waals surface area contributed by atoms with Crippen molar-refractivity contribution in [3.63, 3.8) is 0 Å². The van der Waals surface area contributed by atoms with E-state index in [1.165, 1.54) is 61.2 Å². The maximum Gasteiger partial charge on any atom is 0.305 e. The Balaban J connectivity index is 0.00000140. The van der Waals surface area contributed by atoms with E-state index in [0.717, 1.165) is 117 Å². The first kappa shape index (κ1) is 115. The van der Waals surface area contributed by atoms with Crippen LogP contribution in [0.3, 0.4) is 0 Å². The van der Waals surface area contributed by atoms with Gasteiger partial charge >= 0.3 is 5.97 Å². The summed E-state index contributed by atoms with van der Waals surface area (Å²) in [5.41, 5.74) is 25.3. The molecule has 0 saturated carbocycles. The van der Waals surface area contributed by atoms with Crippen LogP contribution in [0.2, 0.25) is 0 Å². The molecule has 0 fully saturated rings. The molecule has 8 aromatic carbocycles. The highest BCUT2D eigenvalue weighted by Crippen LogP contribution is 2.21. The van der Waals surface area contributed by atoms with E-state index in [-0.39, 0.29) is 19.2 Å². The molecule has 0 aliphatic rings. The van der Waals surface area contributed by atoms with Gasteiger partial charge in [0, 0.05) is 43.8 Å². The van der Waals surface area contributed by atoms with Crippen LogP contribution in [0.1, 0.15) is 164 Å². The minimum atomic E-state index is -0.125. The Kier molecular flexibility index (Phi) is 69.0. The van der Waals surface area contributed by atoms with E-state index in [0.29, 0.717) is 150 Å². The third kappa shape index (κ3) is 61.5. The van der Waals surface area contributed by atoms with Crippen molar-refractivity contribution in [2.75, 3.05) is 166 Å². The van der Waals surface area contributed by atoms with Gasteiger partial charge in [0.15, 0.2) is 0 Å². The highest BCUT2D eigenvalue weighted by atomic mass is 17.2. The quantitative estimate of drug-likeness (QED) is 0.00899. The smallest absolute Gasteiger partial charge is 0.305 e. The van der Waals surface area contributed by atoms with Crippen molar-refractivity contribution in [2.45, 2.75) is 157 Å². The number of rotatable bonds is 46. The fourth-order valence-corrected chi connectivity index (χ4v) is 10.6. The molecule has 8 rings (SSSR count). The standard InChI is InChI=1S/C15H24O4.C15H24O3.C14H22O4.C14H22O3.C13H18O2.3C9H10O.C6H10O2/c1-13-4-5-14(2)15(12-13)19-11-10-18-9-8-17-7-6-16-3;1-13-4-5-14(2)15(12-13)6-7-17-10-11-18-9-8-16-3;1-12-3-4-13(2)14(11-12)18-10-9-17-8-7-16-6-5-15;1-12-3-4-13(2)14(11-12)5-7-16-9-10-17-8-6-15;1-4-13(14)15-8-7-12-9-10(2)5-6-11(12)3;3*1-7-3-4-8(2)9(5-7)6-10;1-5(2)7-8-6(3)4/h4-5,12H,6-11H2,1-3H3;4-5,12H,6-11H2,1-3H3;3-4,11,15H,5-10H2,1-2H3;3-4,11,15H,5-10H2,1-2H3;5-6,9H,4,7-8H2,1-3H3;3*3-6H,1-2H3;1,3H2,2,4H3. The highest BCUT2D eigenvalue weighted by Gasteiger charge is 2.07. The van der Waals surface area contributed by atoms with Crippen LogP contribution in [0.5, 0.6) is 11.5 Å². The van der Waals surface area contributed by atoms with Crippen molar-refractivity contribution in [3.8, 4) is 11.5 Å². The lowest BCUT2D eigenvalue weighted by atomic mass is 10.0. The van der Waals surface area contributed by atoms with Crippen LogP contribution < -0.4 is 9.47 Å². The molecule has 692 valence electrons. The SMILES string of the molecule is C=C(C)OOC(=C)C.CCC(=O)OCCc1cc(C)ccc1C.COCCOCCOCCOc1cc(C)ccc1C.COCCOCCOCCc1cc(C)ccc1C.Cc1ccc(C)c(C=O)c1.Cc1ccc(C)c(C=O)c1.Cc1ccc(C)c(C=O)c1.Cc1ccc(C)c(CCOCCOCCO)c1.Cc1ccc(C)c(OCCOCCOCCO)c1. The number of hydrogen-bond acceptors (Lipinski definition) is 21. The number of aliphatic hydroxyl groups is 2. The van der Waals surface area contributed by atoms with Crippen LogP contribution in [-0.4, -0.2) is 201 Å². The van der Waals surface area contributed by atoms with Crippen LogP contribution in [0, 0.1) is 111 Å². The zero-order chi connectivity index (χ0) is 93.4. The van der Waals surface area contributed by atoms with Crippen LogP contribution in [0.25, 0.3) is 0 Å². The lowest BCUT2D eigenvalue weighted by Gasteiger charge is -2.10. The van der Waals surface area contributed by atoms with Gasteiger partial charge in [0.05, 0.1) is 139 Å². The van der Waals surface area contributed by atoms with Crippen LogP contribution in [0.15, 0.2) is 170 Å². The zero-order valence-corrected chi connectivity index (χ0v) is 79.2. The van der Waals surface area contributed by atoms with Gasteiger partial charge < -0.3 is 71.8 Å². The topological polar surface area (TPSA) is 247 Å². The number of aliphatic hydroxyl groups excluding tert-OH is 2. The van der Waals surface area contributed by atoms with E-state index >= 15 is 0 Å². The molecule has 0 atom stereocenters. The summed E-state index contributed by atoms with van der Waals surface area (Å²) in [7, 11) is 3.33. The second-order valence-electron chi connectivity index (χ2n) is 29.7. The number of esters is 1. The van der Waals surface area contributed by atoms with E-state index in [2.05, 4.69) is 144 Å². The van der Waals surface area contributed by atoms with Crippen LogP contribution in [-0.2, 0) is 85.9 Å². The summed E-state index contributed by atoms with van der Waals surface area (Å²) in [6, 6.07) is 49.3. The first-order chi connectivity index (χ1) is 59.9. The van der Waals surface area contributed by atoms with E-state index in [1.54, 1.807) is 35.0 Å². The van der Waals surface area contributed by atoms with Gasteiger partial charge in [0.1, 0.15) is 55.1 Å². The summed E-state index contributed by atoms with van der Waals surface area (Å²) in [6.07, 6.45) is 5.83. The van der Waals surface area contributed by atoms with Gasteiger partial charge in [0.2, 0.25) is 0 Å². The number of carbonyl (C=O) groups excluding carboxylic acids is 4. The van der Waals surface area contributed by atoms with Crippen molar-refractivity contribution in [1.29, 1.82) is 0 Å². The van der Waals surface area contributed by atoms with Crippen LogP contribution >= 0.6 is 0 Å². The summed E-state index contributed by atoms with van der Waals surface area (Å²) < 4.78 is 68.7. The summed E-state index contributed by atoms with van der Waals surface area (Å²) in [6.45, 7) is 56.8. The number of aryl methyl sites for hydroxylation is 16. The maximum absolute atomic E-state index is 10.9. The van der Waals surface area contributed by atoms with Gasteiger partial charge in [-0.1, -0.05) is 169 Å². The first-order valence-corrected chi connectivity index (χ1v) is 42.7. The molecule has 0 aliphatic heterocycles. The second kappa shape index (κ2) is 74.7. The molecule has 0 aromatic heterocycles. The Hall–Kier alpha value is -9.56. The molecular formula is C104H150O21. The number of hydrogen-bond donors (Lipinski definition) is 2. The van der Waals surface area contributed by atoms with E-state index < -0.39 is 0 Å². The second-order valence-corrected chi connectivity index (χ2v) is 29.7. The van der Waals surface area contributed by atoms with Gasteiger partial charge in [-0.15, -0.1) is 0 Å². The van der Waals surface area contributed by atoms with Crippen molar-refractivity contribution < 1.29 is 101 Å². The maximum atomic E-state index is 10.9. The molecule has 0 spiro atoms. The number of allylic oxidation sites excluding steroid dienone is 2. The normalized spacial score (nSPS) is 10.1. The molecule has 0 saturated heterocycles. The third-order valence-electron chi connectivity index (χ3n) is 18.0. The van der Waals surface area contributed by atoms with Gasteiger partial charge in [-0.25, -0.2) is 0 Å². The average molecular weight is 1740 g/mol. The number of methoxy groups -OCH3 is 2. The highest BCUT2D eigenvalue weighted by molar-refractivity contribution is 5.78. The molecule has 0 aliphatic carbocycles. The summed E-state index contributed by atoms with van der Waals surface area (Å²) in [5, 5.41) is 17.0. The number of benzene rings is 8. The molecule has 0 radical (unpaired) electrons. The molecule has 21 nitrogen and oxygen atoms in total. The Morgan fingerprint density at radius 3 is 0.784 bits per heavy atom. The molecular weight excluding hydrogens is 1590 g/mol. The van der Waals surface area contributed by atoms with E-state index in [4.69, 9.17) is 71.8 Å². The summed E-state index contributed by atoms with van der Waals surface area (Å²) >= 11 is 0. The fraction of sp³-hybridized carbons (Fsp3) is 0.462. The summed E-state index contributed by atoms with van der Waals surface area (Å²) in [4.78, 5) is 51.1. The van der Waals surface area contributed by atoms with Gasteiger partial charge in [-0.05, 0) is 240 Å². The molecule has 0 heterocycles. The van der Waals surface area contributed by atoms with Gasteiger partial charge in [0.25, 0.3) is 0 Å². The lowest BCUT2D eigenvalue weighted by Crippen LogP contribution is -2.12. The van der Waals surface area contributed by atoms with E-state index in [1.807, 2.05) is 135 Å². The predicted molar refractivity (Wildman–Crippen MR) is 503 cm³/mol. The minimum Gasteiger partial charge on any atom is -0.491 e. The molecule has 125 heavy (non-hydrogen) atoms. The molecule has 0 bridgehead atoms. The Bertz CT molecular complexity index is 4010. The Labute approximate surface area is 749 Å². The molecule has 0 unspecified atom stereocenters. The molecule has 0 amide bonds. The Morgan fingerprint density at radius 2 is 0.528 bits per heavy atom. The van der Waals surface area contributed by atoms with Crippen molar-refractivity contribution >= 4 is 24.8 Å². The number of ether oxygens (including phenoxy) is 13. The molecule has 2 N–H and O–H groups in total. The minimum absolute atomic E-state index is 0.0513. The van der Waals surface area contributed by atoms with Gasteiger partial charge in [-0.3, -0.25) is 29.0 Å². The van der Waals surface area contributed by atoms with Crippen molar-refractivity contribution in [1.82, 2.24) is 0 Å². The van der Waals surface area contributed by atoms with Crippen molar-refractivity contribution in [3.05, 3.63) is 293 Å². The first-order valence-electron chi connectivity index (χ1n) is 42.7. The van der Waals surface area contributed by atoms with Crippen LogP contribution in [0.4, 0.5) is 0 Å². The lowest BCUT2D eigenvalue weighted by molar-refractivity contribution is -0.223. The largest absolute Gasteiger partial charge is 0.491 e. The fourth-order valence-electron chi connectivity index (χ4n) is 10.6. The number of aldehydes is 3. The molecule has 8 aromatic rings. The van der Waals surface area contributed by atoms with E-state index in [9.17, 15) is 19.2 Å². The number of carbonyl (C=O) groups is 4. The monoisotopic (exact) mass is 1740 g/mol. The van der Waals surface area contributed by atoms with Crippen molar-refractivity contribution in [2.24, 2.45) is 0 Å². The molecule has 21 heteroatoms. The predicted octanol–water partition coefficient (Wildman–Crippen LogP) is 19.6. The van der Waals surface area contributed by atoms with Gasteiger partial charge in [-0.2, -0.15) is 0 Å². The average Bonchev–Trinajstić information content (AvgIpc) is 0.881. The third-order valence-corrected chi connectivity index (χ3v) is 18.0. The zero-order valence-electron chi connectivity index (χ0n) is 79.2.